The molecule has 0 bridgehead atoms. The van der Waals surface area contributed by atoms with Crippen molar-refractivity contribution in [3.63, 3.8) is 0 Å². The lowest BCUT2D eigenvalue weighted by Crippen LogP contribution is -2.36. The number of carboxylic acid groups (broad SMARTS) is 1. The van der Waals surface area contributed by atoms with Crippen LogP contribution in [0.5, 0.6) is 0 Å². The van der Waals surface area contributed by atoms with Crippen LogP contribution in [-0.2, 0) is 0 Å². The van der Waals surface area contributed by atoms with Crippen molar-refractivity contribution < 1.29 is 15.1 Å². The first-order valence-corrected chi connectivity index (χ1v) is 12.2. The van der Waals surface area contributed by atoms with Gasteiger partial charge in [0.25, 0.3) is 0 Å². The molecule has 182 valence electrons. The summed E-state index contributed by atoms with van der Waals surface area (Å²) in [6, 6.07) is 18.3. The Labute approximate surface area is 210 Å². The summed E-state index contributed by atoms with van der Waals surface area (Å²) < 4.78 is 0. The third-order valence-corrected chi connectivity index (χ3v) is 7.17. The lowest BCUT2D eigenvalue weighted by Gasteiger charge is -2.30. The van der Waals surface area contributed by atoms with E-state index < -0.39 is 6.09 Å². The second kappa shape index (κ2) is 10.9. The van der Waals surface area contributed by atoms with E-state index in [1.807, 2.05) is 44.2 Å². The van der Waals surface area contributed by atoms with Crippen LogP contribution in [0.2, 0.25) is 5.02 Å². The van der Waals surface area contributed by atoms with Crippen molar-refractivity contribution in [2.24, 2.45) is 5.16 Å². The van der Waals surface area contributed by atoms with Gasteiger partial charge in [-0.3, -0.25) is 4.98 Å². The molecule has 0 spiro atoms. The van der Waals surface area contributed by atoms with Gasteiger partial charge in [-0.15, -0.1) is 0 Å². The van der Waals surface area contributed by atoms with Gasteiger partial charge in [-0.25, -0.2) is 4.79 Å². The van der Waals surface area contributed by atoms with Gasteiger partial charge in [-0.2, -0.15) is 0 Å². The number of amides is 1. The largest absolute Gasteiger partial charge is 0.465 e. The van der Waals surface area contributed by atoms with Gasteiger partial charge in [0.1, 0.15) is 0 Å². The summed E-state index contributed by atoms with van der Waals surface area (Å²) in [6.45, 7) is 5.09. The Morgan fingerprint density at radius 1 is 1.11 bits per heavy atom. The average Bonchev–Trinajstić information content (AvgIpc) is 2.86. The molecule has 2 aromatic carbocycles. The van der Waals surface area contributed by atoms with Gasteiger partial charge in [0.05, 0.1) is 5.71 Å². The molecule has 1 amide bonds. The topological polar surface area (TPSA) is 86.0 Å². The van der Waals surface area contributed by atoms with Gasteiger partial charge in [-0.1, -0.05) is 47.1 Å². The molecule has 1 atom stereocenters. The third-order valence-electron chi connectivity index (χ3n) is 6.93. The zero-order valence-corrected chi connectivity index (χ0v) is 20.7. The van der Waals surface area contributed by atoms with E-state index in [4.69, 9.17) is 11.6 Å². The Morgan fingerprint density at radius 3 is 2.43 bits per heavy atom. The highest BCUT2D eigenvalue weighted by Gasteiger charge is 2.25. The Bertz CT molecular complexity index is 1220. The predicted molar refractivity (Wildman–Crippen MR) is 138 cm³/mol. The molecule has 2 N–H and O–H groups in total. The van der Waals surface area contributed by atoms with Crippen LogP contribution in [0.25, 0.3) is 0 Å². The number of hydrogen-bond acceptors (Lipinski definition) is 4. The van der Waals surface area contributed by atoms with E-state index in [1.165, 1.54) is 10.5 Å². The summed E-state index contributed by atoms with van der Waals surface area (Å²) >= 11 is 6.24. The molecular formula is C28H30ClN3O3. The number of hydrogen-bond donors (Lipinski definition) is 2. The van der Waals surface area contributed by atoms with Crippen LogP contribution < -0.4 is 0 Å². The summed E-state index contributed by atoms with van der Waals surface area (Å²) in [7, 11) is 0. The number of halogens is 1. The molecule has 1 unspecified atom stereocenters. The minimum atomic E-state index is -0.842. The fourth-order valence-corrected chi connectivity index (χ4v) is 5.20. The number of benzene rings is 2. The SMILES string of the molecule is Cc1cc(/C(CC(c2ccc(C3CCN(C(=O)O)CC3)cc2)c2ccc(Cl)cc2C)=N\O)ccn1. The zero-order chi connectivity index (χ0) is 24.9. The molecule has 6 nitrogen and oxygen atoms in total. The smallest absolute Gasteiger partial charge is 0.407 e. The number of pyridine rings is 1. The van der Waals surface area contributed by atoms with Gasteiger partial charge in [-0.05, 0) is 79.1 Å². The molecule has 0 saturated carbocycles. The quantitative estimate of drug-likeness (QED) is 0.231. The summed E-state index contributed by atoms with van der Waals surface area (Å²) in [6.07, 6.45) is 3.05. The average molecular weight is 492 g/mol. The minimum Gasteiger partial charge on any atom is -0.465 e. The molecule has 2 heterocycles. The second-order valence-electron chi connectivity index (χ2n) is 9.20. The minimum absolute atomic E-state index is 0.0328. The lowest BCUT2D eigenvalue weighted by molar-refractivity contribution is 0.132. The van der Waals surface area contributed by atoms with E-state index in [0.29, 0.717) is 36.2 Å². The summed E-state index contributed by atoms with van der Waals surface area (Å²) in [5.41, 5.74) is 6.86. The van der Waals surface area contributed by atoms with E-state index in [1.54, 1.807) is 6.20 Å². The molecule has 1 fully saturated rings. The number of rotatable bonds is 6. The van der Waals surface area contributed by atoms with Crippen molar-refractivity contribution in [1.82, 2.24) is 9.88 Å². The highest BCUT2D eigenvalue weighted by molar-refractivity contribution is 6.30. The molecule has 1 saturated heterocycles. The van der Waals surface area contributed by atoms with Crippen molar-refractivity contribution in [1.29, 1.82) is 0 Å². The van der Waals surface area contributed by atoms with Gasteiger partial charge in [0, 0.05) is 47.9 Å². The molecule has 7 heteroatoms. The number of oxime groups is 1. The van der Waals surface area contributed by atoms with Crippen LogP contribution in [0.3, 0.4) is 0 Å². The van der Waals surface area contributed by atoms with Crippen molar-refractivity contribution in [2.75, 3.05) is 13.1 Å². The summed E-state index contributed by atoms with van der Waals surface area (Å²) in [4.78, 5) is 17.0. The standard InChI is InChI=1S/C28H30ClN3O3/c1-18-15-24(29)7-8-25(18)26(17-27(31-35)23-9-12-30-19(2)16-23)22-5-3-20(4-6-22)21-10-13-32(14-11-21)28(33)34/h3-9,12,15-16,21,26,35H,10-11,13-14,17H2,1-2H3,(H,33,34)/b31-27-. The molecule has 0 aliphatic carbocycles. The number of aryl methyl sites for hydroxylation is 2. The summed E-state index contributed by atoms with van der Waals surface area (Å²) in [5, 5.41) is 23.5. The number of carbonyl (C=O) groups is 1. The number of piperidine rings is 1. The molecule has 0 radical (unpaired) electrons. The first-order chi connectivity index (χ1) is 16.9. The van der Waals surface area contributed by atoms with Crippen LogP contribution in [0, 0.1) is 13.8 Å². The number of likely N-dealkylation sites (tertiary alicyclic amines) is 1. The van der Waals surface area contributed by atoms with Crippen LogP contribution in [-0.4, -0.2) is 45.1 Å². The van der Waals surface area contributed by atoms with Crippen LogP contribution in [0.4, 0.5) is 4.79 Å². The van der Waals surface area contributed by atoms with E-state index in [-0.39, 0.29) is 5.92 Å². The number of nitrogens with zero attached hydrogens (tertiary/aromatic N) is 3. The van der Waals surface area contributed by atoms with Gasteiger partial charge < -0.3 is 15.2 Å². The normalized spacial score (nSPS) is 15.7. The van der Waals surface area contributed by atoms with Crippen LogP contribution >= 0.6 is 11.6 Å². The molecule has 1 aliphatic heterocycles. The Balaban J connectivity index is 1.63. The van der Waals surface area contributed by atoms with Crippen molar-refractivity contribution in [2.45, 2.75) is 44.9 Å². The molecule has 1 aliphatic rings. The molecule has 3 aromatic rings. The fraction of sp³-hybridized carbons (Fsp3) is 0.321. The molecular weight excluding hydrogens is 462 g/mol. The zero-order valence-electron chi connectivity index (χ0n) is 20.0. The Kier molecular flexibility index (Phi) is 7.71. The monoisotopic (exact) mass is 491 g/mol. The van der Waals surface area contributed by atoms with Gasteiger partial charge in [0.15, 0.2) is 0 Å². The lowest BCUT2D eigenvalue weighted by atomic mass is 9.82. The van der Waals surface area contributed by atoms with Crippen molar-refractivity contribution in [3.8, 4) is 0 Å². The first kappa shape index (κ1) is 24.7. The van der Waals surface area contributed by atoms with E-state index in [2.05, 4.69) is 34.4 Å². The summed E-state index contributed by atoms with van der Waals surface area (Å²) in [5.74, 6) is 0.319. The van der Waals surface area contributed by atoms with E-state index in [9.17, 15) is 15.1 Å². The van der Waals surface area contributed by atoms with Crippen molar-refractivity contribution in [3.05, 3.63) is 99.3 Å². The van der Waals surface area contributed by atoms with E-state index >= 15 is 0 Å². The highest BCUT2D eigenvalue weighted by atomic mass is 35.5. The first-order valence-electron chi connectivity index (χ1n) is 11.8. The van der Waals surface area contributed by atoms with Crippen molar-refractivity contribution >= 4 is 23.4 Å². The molecule has 35 heavy (non-hydrogen) atoms. The maximum absolute atomic E-state index is 11.2. The van der Waals surface area contributed by atoms with Gasteiger partial charge >= 0.3 is 6.09 Å². The third kappa shape index (κ3) is 5.82. The van der Waals surface area contributed by atoms with Crippen LogP contribution in [0.15, 0.2) is 65.9 Å². The molecule has 4 rings (SSSR count). The van der Waals surface area contributed by atoms with E-state index in [0.717, 1.165) is 40.8 Å². The number of aromatic nitrogens is 1. The fourth-order valence-electron chi connectivity index (χ4n) is 4.98. The molecule has 1 aromatic heterocycles. The van der Waals surface area contributed by atoms with Gasteiger partial charge in [0.2, 0.25) is 0 Å². The second-order valence-corrected chi connectivity index (χ2v) is 9.64. The maximum atomic E-state index is 11.2. The Morgan fingerprint density at radius 2 is 1.83 bits per heavy atom. The predicted octanol–water partition coefficient (Wildman–Crippen LogP) is 6.61. The Hall–Kier alpha value is -3.38. The van der Waals surface area contributed by atoms with Crippen LogP contribution in [0.1, 0.15) is 64.6 Å². The highest BCUT2D eigenvalue weighted by Crippen LogP contribution is 2.35. The maximum Gasteiger partial charge on any atom is 0.407 e.